The molecule has 4 aromatic rings. The van der Waals surface area contributed by atoms with E-state index in [-0.39, 0.29) is 11.6 Å². The zero-order valence-electron chi connectivity index (χ0n) is 18.7. The van der Waals surface area contributed by atoms with E-state index in [9.17, 15) is 9.59 Å². The average molecular weight is 514 g/mol. The van der Waals surface area contributed by atoms with Crippen LogP contribution in [-0.2, 0) is 0 Å². The lowest BCUT2D eigenvalue weighted by Crippen LogP contribution is -2.38. The second-order valence-electron chi connectivity index (χ2n) is 7.73. The van der Waals surface area contributed by atoms with Gasteiger partial charge in [-0.2, -0.15) is 5.10 Å². The van der Waals surface area contributed by atoms with Crippen LogP contribution in [-0.4, -0.2) is 37.2 Å². The van der Waals surface area contributed by atoms with Crippen molar-refractivity contribution >= 4 is 57.8 Å². The highest BCUT2D eigenvalue weighted by Crippen LogP contribution is 2.33. The molecule has 5 N–H and O–H groups in total. The van der Waals surface area contributed by atoms with E-state index in [1.54, 1.807) is 56.6 Å². The molecule has 2 atom stereocenters. The zero-order valence-corrected chi connectivity index (χ0v) is 20.2. The molecular weight excluding hydrogens is 493 g/mol. The number of carbonyl (C=O) groups excluding carboxylic acids is 2. The molecule has 11 nitrogen and oxygen atoms in total. The lowest BCUT2D eigenvalue weighted by molar-refractivity contribution is 0.251. The van der Waals surface area contributed by atoms with E-state index in [0.29, 0.717) is 32.3 Å². The van der Waals surface area contributed by atoms with Crippen molar-refractivity contribution in [1.29, 1.82) is 0 Å². The molecule has 4 rings (SSSR count). The molecular formula is C22H21Cl2N9O2. The molecule has 0 unspecified atom stereocenters. The number of hydrogen-bond acceptors (Lipinski definition) is 6. The number of aromatic nitrogens is 5. The number of carbonyl (C=O) groups is 2. The summed E-state index contributed by atoms with van der Waals surface area (Å²) < 4.78 is 0. The van der Waals surface area contributed by atoms with Crippen molar-refractivity contribution in [3.63, 3.8) is 0 Å². The molecule has 4 aromatic heterocycles. The summed E-state index contributed by atoms with van der Waals surface area (Å²) in [6.45, 7) is 3.57. The van der Waals surface area contributed by atoms with Crippen molar-refractivity contribution in [2.24, 2.45) is 11.5 Å². The fraction of sp³-hybridized carbons (Fsp3) is 0.182. The first-order valence-corrected chi connectivity index (χ1v) is 11.2. The van der Waals surface area contributed by atoms with Crippen LogP contribution in [0, 0.1) is 0 Å². The number of nitrogens with one attached hydrogen (secondary N) is 1. The van der Waals surface area contributed by atoms with Gasteiger partial charge in [0.15, 0.2) is 5.82 Å². The summed E-state index contributed by atoms with van der Waals surface area (Å²) in [6.07, 6.45) is 4.62. The van der Waals surface area contributed by atoms with Gasteiger partial charge in [0.25, 0.3) is 0 Å². The normalized spacial score (nSPS) is 12.8. The van der Waals surface area contributed by atoms with E-state index >= 15 is 0 Å². The predicted molar refractivity (Wildman–Crippen MR) is 133 cm³/mol. The molecule has 0 radical (unpaired) electrons. The van der Waals surface area contributed by atoms with E-state index in [0.717, 1.165) is 0 Å². The Balaban J connectivity index is 1.71. The van der Waals surface area contributed by atoms with Crippen molar-refractivity contribution < 1.29 is 9.59 Å². The highest BCUT2D eigenvalue weighted by molar-refractivity contribution is 6.29. The third kappa shape index (κ3) is 4.81. The monoisotopic (exact) mass is 513 g/mol. The number of anilines is 2. The number of H-pyrrole nitrogens is 1. The predicted octanol–water partition coefficient (Wildman–Crippen LogP) is 4.35. The summed E-state index contributed by atoms with van der Waals surface area (Å²) in [5, 5.41) is 8.35. The van der Waals surface area contributed by atoms with Crippen LogP contribution in [0.25, 0.3) is 10.9 Å². The molecule has 4 heterocycles. The van der Waals surface area contributed by atoms with Gasteiger partial charge in [0, 0.05) is 24.7 Å². The largest absolute Gasteiger partial charge is 0.351 e. The number of amides is 4. The van der Waals surface area contributed by atoms with Gasteiger partial charge in [0.2, 0.25) is 0 Å². The molecule has 0 fully saturated rings. The van der Waals surface area contributed by atoms with Crippen LogP contribution < -0.4 is 21.3 Å². The number of primary amides is 2. The SMILES string of the molecule is C[C@H](c1ccc(Cl)nc1)N(C(N)=O)c1cc2[nH]nc(N(C(N)=O)[C@H](C)c3ccc(Cl)nc3)c2cn1. The lowest BCUT2D eigenvalue weighted by atomic mass is 10.1. The summed E-state index contributed by atoms with van der Waals surface area (Å²) in [6, 6.07) is 5.96. The number of aromatic amines is 1. The number of rotatable bonds is 6. The molecule has 180 valence electrons. The Bertz CT molecular complexity index is 1380. The number of fused-ring (bicyclic) bond motifs is 1. The number of nitrogens with two attached hydrogens (primary N) is 2. The number of urea groups is 2. The Kier molecular flexibility index (Phi) is 6.72. The molecule has 0 aliphatic heterocycles. The number of nitrogens with zero attached hydrogens (tertiary/aromatic N) is 6. The van der Waals surface area contributed by atoms with Gasteiger partial charge in [-0.25, -0.2) is 24.5 Å². The summed E-state index contributed by atoms with van der Waals surface area (Å²) in [5.74, 6) is 0.554. The zero-order chi connectivity index (χ0) is 25.3. The Morgan fingerprint density at radius 3 is 1.89 bits per heavy atom. The van der Waals surface area contributed by atoms with Crippen molar-refractivity contribution in [3.8, 4) is 0 Å². The average Bonchev–Trinajstić information content (AvgIpc) is 3.22. The Morgan fingerprint density at radius 1 is 0.857 bits per heavy atom. The van der Waals surface area contributed by atoms with E-state index in [4.69, 9.17) is 34.7 Å². The first-order valence-electron chi connectivity index (χ1n) is 10.4. The molecule has 0 aliphatic rings. The van der Waals surface area contributed by atoms with Gasteiger partial charge < -0.3 is 11.5 Å². The molecule has 0 bridgehead atoms. The summed E-state index contributed by atoms with van der Waals surface area (Å²) in [4.78, 5) is 39.9. The summed E-state index contributed by atoms with van der Waals surface area (Å²) in [7, 11) is 0. The number of hydrogen-bond donors (Lipinski definition) is 3. The number of pyridine rings is 3. The molecule has 4 amide bonds. The smallest absolute Gasteiger partial charge is 0.321 e. The van der Waals surface area contributed by atoms with Crippen LogP contribution in [0.3, 0.4) is 0 Å². The highest BCUT2D eigenvalue weighted by atomic mass is 35.5. The van der Waals surface area contributed by atoms with Crippen LogP contribution in [0.2, 0.25) is 10.3 Å². The molecule has 0 saturated heterocycles. The second-order valence-corrected chi connectivity index (χ2v) is 8.51. The maximum atomic E-state index is 12.4. The molecule has 35 heavy (non-hydrogen) atoms. The Morgan fingerprint density at radius 2 is 1.40 bits per heavy atom. The third-order valence-electron chi connectivity index (χ3n) is 5.60. The third-order valence-corrected chi connectivity index (χ3v) is 6.05. The van der Waals surface area contributed by atoms with Crippen molar-refractivity contribution in [3.05, 3.63) is 70.4 Å². The van der Waals surface area contributed by atoms with E-state index in [2.05, 4.69) is 25.1 Å². The summed E-state index contributed by atoms with van der Waals surface area (Å²) in [5.41, 5.74) is 13.3. The van der Waals surface area contributed by atoms with Gasteiger partial charge >= 0.3 is 12.1 Å². The maximum absolute atomic E-state index is 12.4. The van der Waals surface area contributed by atoms with Crippen molar-refractivity contribution in [2.45, 2.75) is 25.9 Å². The van der Waals surface area contributed by atoms with Crippen LogP contribution in [0.1, 0.15) is 37.1 Å². The number of halogens is 2. The highest BCUT2D eigenvalue weighted by Gasteiger charge is 2.28. The molecule has 0 spiro atoms. The molecule has 0 saturated carbocycles. The summed E-state index contributed by atoms with van der Waals surface area (Å²) >= 11 is 11.8. The van der Waals surface area contributed by atoms with Crippen molar-refractivity contribution in [2.75, 3.05) is 9.80 Å². The van der Waals surface area contributed by atoms with Gasteiger partial charge in [-0.1, -0.05) is 35.3 Å². The van der Waals surface area contributed by atoms with Crippen LogP contribution in [0.4, 0.5) is 21.2 Å². The van der Waals surface area contributed by atoms with E-state index < -0.39 is 24.1 Å². The second kappa shape index (κ2) is 9.72. The van der Waals surface area contributed by atoms with Gasteiger partial charge in [-0.15, -0.1) is 0 Å². The first-order chi connectivity index (χ1) is 16.7. The first kappa shape index (κ1) is 24.2. The minimum atomic E-state index is -0.715. The van der Waals surface area contributed by atoms with Crippen LogP contribution in [0.5, 0.6) is 0 Å². The van der Waals surface area contributed by atoms with Gasteiger partial charge in [0.1, 0.15) is 16.1 Å². The van der Waals surface area contributed by atoms with Gasteiger partial charge in [-0.05, 0) is 37.1 Å². The lowest BCUT2D eigenvalue weighted by Gasteiger charge is -2.27. The van der Waals surface area contributed by atoms with Crippen LogP contribution in [0.15, 0.2) is 48.9 Å². The fourth-order valence-electron chi connectivity index (χ4n) is 3.75. The fourth-order valence-corrected chi connectivity index (χ4v) is 3.98. The van der Waals surface area contributed by atoms with Gasteiger partial charge in [0.05, 0.1) is 23.0 Å². The van der Waals surface area contributed by atoms with Crippen molar-refractivity contribution in [1.82, 2.24) is 25.1 Å². The molecule has 13 heteroatoms. The molecule has 0 aliphatic carbocycles. The standard InChI is InChI=1S/C22H21Cl2N9O2/c1-11(13-3-5-17(23)27-8-13)32(21(25)34)19-7-16-15(10-29-19)20(31-30-16)33(22(26)35)12(2)14-4-6-18(24)28-9-14/h3-12H,1-2H3,(H2,25,34)(H2,26,35)(H,30,31)/t11-,12-/m1/s1. The topological polar surface area (TPSA) is 160 Å². The minimum absolute atomic E-state index is 0.273. The quantitative estimate of drug-likeness (QED) is 0.324. The van der Waals surface area contributed by atoms with E-state index in [1.807, 2.05) is 0 Å². The maximum Gasteiger partial charge on any atom is 0.321 e. The van der Waals surface area contributed by atoms with Crippen LogP contribution >= 0.6 is 23.2 Å². The molecule has 0 aromatic carbocycles. The Labute approximate surface area is 210 Å². The Hall–Kier alpha value is -3.96. The minimum Gasteiger partial charge on any atom is -0.351 e. The van der Waals surface area contributed by atoms with E-state index in [1.165, 1.54) is 16.0 Å². The van der Waals surface area contributed by atoms with Gasteiger partial charge in [-0.3, -0.25) is 14.9 Å².